The molecule has 1 atom stereocenters. The fraction of sp³-hybridized carbons (Fsp3) is 0.170. The number of esters is 2. The number of ether oxygens (including phenoxy) is 2. The van der Waals surface area contributed by atoms with Crippen molar-refractivity contribution in [2.45, 2.75) is 45.4 Å². The topological polar surface area (TPSA) is 139 Å². The van der Waals surface area contributed by atoms with Gasteiger partial charge in [-0.25, -0.2) is 19.6 Å². The summed E-state index contributed by atoms with van der Waals surface area (Å²) in [6, 6.07) is 33.3. The predicted octanol–water partition coefficient (Wildman–Crippen LogP) is 8.76. The molecular formula is C47H39N5O6. The van der Waals surface area contributed by atoms with E-state index in [1.165, 1.54) is 11.7 Å². The van der Waals surface area contributed by atoms with Gasteiger partial charge in [0.05, 0.1) is 30.5 Å². The summed E-state index contributed by atoms with van der Waals surface area (Å²) in [5, 5.41) is 5.27. The number of rotatable bonds is 9. The smallest absolute Gasteiger partial charge is 0.355 e. The number of nitrogens with zero attached hydrogens (tertiary/aromatic N) is 5. The Kier molecular flexibility index (Phi) is 9.74. The van der Waals surface area contributed by atoms with Gasteiger partial charge in [0.15, 0.2) is 11.4 Å². The summed E-state index contributed by atoms with van der Waals surface area (Å²) >= 11 is 0. The number of aromatic nitrogens is 4. The van der Waals surface area contributed by atoms with Gasteiger partial charge in [0, 0.05) is 28.9 Å². The molecule has 4 heterocycles. The minimum Gasteiger partial charge on any atom is -0.464 e. The van der Waals surface area contributed by atoms with Gasteiger partial charge < -0.3 is 14.0 Å². The van der Waals surface area contributed by atoms with Crippen LogP contribution in [0.3, 0.4) is 0 Å². The summed E-state index contributed by atoms with van der Waals surface area (Å²) in [6.45, 7) is 7.29. The highest BCUT2D eigenvalue weighted by Crippen LogP contribution is 2.41. The molecule has 0 radical (unpaired) electrons. The van der Waals surface area contributed by atoms with E-state index in [0.29, 0.717) is 61.6 Å². The zero-order valence-electron chi connectivity index (χ0n) is 32.6. The second-order valence-electron chi connectivity index (χ2n) is 14.9. The average Bonchev–Trinajstić information content (AvgIpc) is 3.90. The highest BCUT2D eigenvalue weighted by molar-refractivity contribution is 6.07. The molecule has 11 heteroatoms. The Morgan fingerprint density at radius 1 is 0.828 bits per heavy atom. The predicted molar refractivity (Wildman–Crippen MR) is 222 cm³/mol. The third kappa shape index (κ3) is 6.91. The summed E-state index contributed by atoms with van der Waals surface area (Å²) in [5.41, 5.74) is 3.69. The van der Waals surface area contributed by atoms with E-state index in [2.05, 4.69) is 5.16 Å². The van der Waals surface area contributed by atoms with E-state index >= 15 is 0 Å². The van der Waals surface area contributed by atoms with E-state index in [0.717, 1.165) is 11.1 Å². The molecule has 7 aromatic rings. The molecule has 0 fully saturated rings. The van der Waals surface area contributed by atoms with Gasteiger partial charge >= 0.3 is 11.9 Å². The van der Waals surface area contributed by atoms with Gasteiger partial charge in [0.1, 0.15) is 22.7 Å². The Balaban J connectivity index is 1.29. The number of carbonyl (C=O) groups is 2. The lowest BCUT2D eigenvalue weighted by atomic mass is 9.86. The minimum absolute atomic E-state index is 0.0280. The Bertz CT molecular complexity index is 2800. The largest absolute Gasteiger partial charge is 0.464 e. The van der Waals surface area contributed by atoms with Gasteiger partial charge in [-0.05, 0) is 92.3 Å². The number of allylic oxidation sites excluding steroid dienone is 1. The molecule has 0 saturated carbocycles. The van der Waals surface area contributed by atoms with Crippen molar-refractivity contribution in [2.75, 3.05) is 7.11 Å². The van der Waals surface area contributed by atoms with Crippen molar-refractivity contribution >= 4 is 28.9 Å². The molecule has 0 saturated heterocycles. The van der Waals surface area contributed by atoms with Gasteiger partial charge in [0.2, 0.25) is 0 Å². The molecule has 1 aliphatic heterocycles. The summed E-state index contributed by atoms with van der Waals surface area (Å²) in [6.07, 6.45) is 7.14. The Hall–Kier alpha value is -7.27. The van der Waals surface area contributed by atoms with Crippen LogP contribution in [0.5, 0.6) is 0 Å². The number of methoxy groups -OCH3 is 1. The lowest BCUT2D eigenvalue weighted by Crippen LogP contribution is -2.29. The number of hydrogen-bond acceptors (Lipinski definition) is 10. The molecule has 58 heavy (non-hydrogen) atoms. The molecule has 4 aromatic carbocycles. The molecule has 1 unspecified atom stereocenters. The number of benzene rings is 4. The molecule has 288 valence electrons. The monoisotopic (exact) mass is 769 g/mol. The van der Waals surface area contributed by atoms with E-state index in [9.17, 15) is 14.4 Å². The number of pyridine rings is 1. The first kappa shape index (κ1) is 37.6. The number of fused-ring (bicyclic) bond motifs is 1. The van der Waals surface area contributed by atoms with Gasteiger partial charge in [0.25, 0.3) is 5.56 Å². The number of aliphatic imine (C=N–C) groups is 1. The molecule has 0 amide bonds. The van der Waals surface area contributed by atoms with Crippen molar-refractivity contribution in [1.29, 1.82) is 0 Å². The number of hydrogen-bond donors (Lipinski definition) is 0. The second kappa shape index (κ2) is 15.0. The maximum atomic E-state index is 14.6. The van der Waals surface area contributed by atoms with Crippen LogP contribution < -0.4 is 5.56 Å². The van der Waals surface area contributed by atoms with Crippen LogP contribution >= 0.6 is 0 Å². The third-order valence-electron chi connectivity index (χ3n) is 9.95. The lowest BCUT2D eigenvalue weighted by molar-refractivity contribution is 0.00692. The lowest BCUT2D eigenvalue weighted by Gasteiger charge is -2.25. The van der Waals surface area contributed by atoms with E-state index in [1.54, 1.807) is 63.5 Å². The highest BCUT2D eigenvalue weighted by atomic mass is 16.6. The molecular weight excluding hydrogens is 731 g/mol. The SMILES string of the molecule is COC(=O)c1c(-c2ccccc2)c2cc(C3(c4nccc(-c5c(-c6ccccc6)noc5C)n4)C=CC=N3)ccc2c(=O)n1Cc1ccc(C(=O)OC(C)(C)C)cc1. The fourth-order valence-electron chi connectivity index (χ4n) is 7.27. The second-order valence-corrected chi connectivity index (χ2v) is 14.9. The molecule has 1 aliphatic rings. The van der Waals surface area contributed by atoms with Gasteiger partial charge in [-0.2, -0.15) is 0 Å². The quantitative estimate of drug-likeness (QED) is 0.132. The van der Waals surface area contributed by atoms with Crippen molar-refractivity contribution < 1.29 is 23.6 Å². The van der Waals surface area contributed by atoms with Crippen LogP contribution in [0.25, 0.3) is 44.4 Å². The maximum absolute atomic E-state index is 14.6. The van der Waals surface area contributed by atoms with Gasteiger partial charge in [-0.15, -0.1) is 0 Å². The molecule has 3 aromatic heterocycles. The maximum Gasteiger partial charge on any atom is 0.355 e. The highest BCUT2D eigenvalue weighted by Gasteiger charge is 2.37. The van der Waals surface area contributed by atoms with Crippen LogP contribution in [0.2, 0.25) is 0 Å². The van der Waals surface area contributed by atoms with Crippen LogP contribution in [0.1, 0.15) is 64.3 Å². The molecule has 0 spiro atoms. The van der Waals surface area contributed by atoms with Crippen molar-refractivity contribution in [3.8, 4) is 33.6 Å². The zero-order chi connectivity index (χ0) is 40.6. The van der Waals surface area contributed by atoms with Gasteiger partial charge in [-0.1, -0.05) is 84.0 Å². The van der Waals surface area contributed by atoms with Crippen LogP contribution in [0.15, 0.2) is 142 Å². The summed E-state index contributed by atoms with van der Waals surface area (Å²) in [5.74, 6) is -0.142. The summed E-state index contributed by atoms with van der Waals surface area (Å²) < 4.78 is 18.0. The van der Waals surface area contributed by atoms with Crippen molar-refractivity contribution in [1.82, 2.24) is 19.7 Å². The Labute approximate surface area is 334 Å². The summed E-state index contributed by atoms with van der Waals surface area (Å²) in [7, 11) is 1.29. The van der Waals surface area contributed by atoms with Crippen molar-refractivity contribution in [3.63, 3.8) is 0 Å². The van der Waals surface area contributed by atoms with E-state index in [4.69, 9.17) is 29.0 Å². The van der Waals surface area contributed by atoms with Crippen molar-refractivity contribution in [2.24, 2.45) is 4.99 Å². The van der Waals surface area contributed by atoms with Crippen LogP contribution in [-0.2, 0) is 21.6 Å². The first-order valence-corrected chi connectivity index (χ1v) is 18.7. The summed E-state index contributed by atoms with van der Waals surface area (Å²) in [4.78, 5) is 56.0. The average molecular weight is 770 g/mol. The molecule has 0 bridgehead atoms. The zero-order valence-corrected chi connectivity index (χ0v) is 32.6. The Morgan fingerprint density at radius 3 is 2.19 bits per heavy atom. The molecule has 8 rings (SSSR count). The first-order valence-electron chi connectivity index (χ1n) is 18.7. The van der Waals surface area contributed by atoms with E-state index < -0.39 is 28.6 Å². The normalized spacial score (nSPS) is 14.8. The van der Waals surface area contributed by atoms with Crippen molar-refractivity contribution in [3.05, 3.63) is 172 Å². The first-order chi connectivity index (χ1) is 28.0. The van der Waals surface area contributed by atoms with Crippen LogP contribution in [0.4, 0.5) is 0 Å². The molecule has 11 nitrogen and oxygen atoms in total. The van der Waals surface area contributed by atoms with E-state index in [1.807, 2.05) is 97.9 Å². The van der Waals surface area contributed by atoms with Crippen LogP contribution in [-0.4, -0.2) is 50.6 Å². The Morgan fingerprint density at radius 2 is 1.53 bits per heavy atom. The number of aryl methyl sites for hydroxylation is 1. The van der Waals surface area contributed by atoms with Gasteiger partial charge in [-0.3, -0.25) is 14.4 Å². The minimum atomic E-state index is -1.17. The molecule has 0 aliphatic carbocycles. The standard InChI is InChI=1S/C47H39N5O6/c1-29-38(40(51-58-29)32-15-10-7-11-16-32)37-23-26-48-45(50-37)47(24-12-25-49-47)34-21-22-35-36(27-34)39(31-13-8-6-9-14-31)41(44(55)56-5)52(42(35)53)28-30-17-19-33(20-18-30)43(54)57-46(2,3)4/h6-27H,28H2,1-5H3. The number of carbonyl (C=O) groups excluding carboxylic acids is 2. The fourth-order valence-corrected chi connectivity index (χ4v) is 7.27. The van der Waals surface area contributed by atoms with E-state index in [-0.39, 0.29) is 12.2 Å². The third-order valence-corrected chi connectivity index (χ3v) is 9.95. The molecule has 0 N–H and O–H groups in total. The van der Waals surface area contributed by atoms with Crippen LogP contribution in [0, 0.1) is 6.92 Å².